The lowest BCUT2D eigenvalue weighted by Crippen LogP contribution is -2.00. The number of halogens is 1. The van der Waals surface area contributed by atoms with Gasteiger partial charge in [-0.25, -0.2) is 9.18 Å². The van der Waals surface area contributed by atoms with Gasteiger partial charge in [-0.2, -0.15) is 0 Å². The molecule has 0 amide bonds. The van der Waals surface area contributed by atoms with Crippen molar-refractivity contribution in [1.29, 1.82) is 0 Å². The van der Waals surface area contributed by atoms with Gasteiger partial charge in [0.05, 0.1) is 5.56 Å². The molecule has 4 heteroatoms. The van der Waals surface area contributed by atoms with Crippen molar-refractivity contribution in [2.24, 2.45) is 0 Å². The van der Waals surface area contributed by atoms with E-state index in [1.54, 1.807) is 31.2 Å². The fourth-order valence-electron chi connectivity index (χ4n) is 1.81. The van der Waals surface area contributed by atoms with E-state index in [9.17, 15) is 9.18 Å². The summed E-state index contributed by atoms with van der Waals surface area (Å²) in [5, 5.41) is 8.93. The summed E-state index contributed by atoms with van der Waals surface area (Å²) in [4.78, 5) is 10.9. The van der Waals surface area contributed by atoms with Gasteiger partial charge in [0.2, 0.25) is 0 Å². The van der Waals surface area contributed by atoms with E-state index in [-0.39, 0.29) is 5.56 Å². The van der Waals surface area contributed by atoms with Crippen molar-refractivity contribution in [1.82, 2.24) is 0 Å². The number of benzene rings is 2. The van der Waals surface area contributed by atoms with E-state index in [4.69, 9.17) is 10.8 Å². The third-order valence-corrected chi connectivity index (χ3v) is 2.79. The molecule has 3 N–H and O–H groups in total. The molecule has 0 atom stereocenters. The number of aromatic carboxylic acids is 1. The summed E-state index contributed by atoms with van der Waals surface area (Å²) in [7, 11) is 0. The zero-order valence-electron chi connectivity index (χ0n) is 9.77. The van der Waals surface area contributed by atoms with Gasteiger partial charge >= 0.3 is 5.97 Å². The predicted octanol–water partition coefficient (Wildman–Crippen LogP) is 3.08. The Morgan fingerprint density at radius 3 is 2.61 bits per heavy atom. The minimum atomic E-state index is -1.15. The normalized spacial score (nSPS) is 10.3. The molecule has 0 saturated carbocycles. The van der Waals surface area contributed by atoms with Gasteiger partial charge in [-0.05, 0) is 47.9 Å². The van der Waals surface area contributed by atoms with Crippen molar-refractivity contribution in [3.8, 4) is 11.1 Å². The molecule has 0 radical (unpaired) electrons. The zero-order chi connectivity index (χ0) is 13.3. The van der Waals surface area contributed by atoms with E-state index in [0.717, 1.165) is 6.07 Å². The van der Waals surface area contributed by atoms with Crippen LogP contribution in [0, 0.1) is 12.7 Å². The van der Waals surface area contributed by atoms with Crippen LogP contribution < -0.4 is 5.73 Å². The highest BCUT2D eigenvalue weighted by Gasteiger charge is 2.12. The Morgan fingerprint density at radius 1 is 1.28 bits per heavy atom. The fraction of sp³-hybridized carbons (Fsp3) is 0.0714. The number of rotatable bonds is 2. The summed E-state index contributed by atoms with van der Waals surface area (Å²) in [6.45, 7) is 1.61. The third-order valence-electron chi connectivity index (χ3n) is 2.79. The second kappa shape index (κ2) is 4.49. The van der Waals surface area contributed by atoms with Gasteiger partial charge in [-0.15, -0.1) is 0 Å². The first kappa shape index (κ1) is 12.1. The minimum Gasteiger partial charge on any atom is -0.478 e. The summed E-state index contributed by atoms with van der Waals surface area (Å²) in [6, 6.07) is 9.39. The molecule has 92 valence electrons. The molecule has 0 aromatic heterocycles. The molecule has 0 heterocycles. The van der Waals surface area contributed by atoms with Crippen LogP contribution in [0.1, 0.15) is 15.9 Å². The summed E-state index contributed by atoms with van der Waals surface area (Å²) >= 11 is 0. The second-order valence-electron chi connectivity index (χ2n) is 4.06. The number of nitrogen functional groups attached to an aromatic ring is 1. The molecule has 18 heavy (non-hydrogen) atoms. The Hall–Kier alpha value is -2.36. The number of hydrogen-bond donors (Lipinski definition) is 2. The van der Waals surface area contributed by atoms with Crippen LogP contribution in [0.3, 0.4) is 0 Å². The van der Waals surface area contributed by atoms with Gasteiger partial charge in [0, 0.05) is 5.69 Å². The van der Waals surface area contributed by atoms with Crippen LogP contribution in [0.15, 0.2) is 36.4 Å². The van der Waals surface area contributed by atoms with Crippen molar-refractivity contribution in [2.75, 3.05) is 5.73 Å². The number of carboxylic acids is 1. The predicted molar refractivity (Wildman–Crippen MR) is 67.9 cm³/mol. The molecule has 0 spiro atoms. The van der Waals surface area contributed by atoms with Crippen LogP contribution in [0.5, 0.6) is 0 Å². The molecular formula is C14H12FNO2. The van der Waals surface area contributed by atoms with E-state index < -0.39 is 11.8 Å². The molecule has 0 saturated heterocycles. The summed E-state index contributed by atoms with van der Waals surface area (Å²) in [5.74, 6) is -1.69. The van der Waals surface area contributed by atoms with Gasteiger partial charge < -0.3 is 10.8 Å². The number of carbonyl (C=O) groups is 1. The maximum Gasteiger partial charge on any atom is 0.335 e. The quantitative estimate of drug-likeness (QED) is 0.799. The largest absolute Gasteiger partial charge is 0.478 e. The van der Waals surface area contributed by atoms with E-state index in [1.807, 2.05) is 0 Å². The highest BCUT2D eigenvalue weighted by atomic mass is 19.1. The first-order valence-electron chi connectivity index (χ1n) is 5.38. The van der Waals surface area contributed by atoms with Crippen LogP contribution in [0.25, 0.3) is 11.1 Å². The highest BCUT2D eigenvalue weighted by Crippen LogP contribution is 2.28. The maximum atomic E-state index is 13.7. The lowest BCUT2D eigenvalue weighted by molar-refractivity contribution is 0.0696. The van der Waals surface area contributed by atoms with Crippen molar-refractivity contribution in [2.45, 2.75) is 6.92 Å². The first-order valence-corrected chi connectivity index (χ1v) is 5.38. The van der Waals surface area contributed by atoms with Crippen LogP contribution in [0.4, 0.5) is 10.1 Å². The summed E-state index contributed by atoms with van der Waals surface area (Å²) in [6.07, 6.45) is 0. The number of anilines is 1. The van der Waals surface area contributed by atoms with Crippen molar-refractivity contribution >= 4 is 11.7 Å². The van der Waals surface area contributed by atoms with E-state index in [0.29, 0.717) is 22.4 Å². The molecule has 0 aliphatic heterocycles. The molecule has 2 rings (SSSR count). The zero-order valence-corrected chi connectivity index (χ0v) is 9.77. The molecule has 0 aliphatic carbocycles. The summed E-state index contributed by atoms with van der Waals surface area (Å²) in [5.41, 5.74) is 7.80. The molecular weight excluding hydrogens is 233 g/mol. The molecule has 3 nitrogen and oxygen atoms in total. The van der Waals surface area contributed by atoms with Gasteiger partial charge in [0.1, 0.15) is 5.82 Å². The van der Waals surface area contributed by atoms with E-state index in [1.165, 1.54) is 6.07 Å². The van der Waals surface area contributed by atoms with Gasteiger partial charge in [0.25, 0.3) is 0 Å². The average molecular weight is 245 g/mol. The topological polar surface area (TPSA) is 63.3 Å². The van der Waals surface area contributed by atoms with Crippen LogP contribution in [-0.2, 0) is 0 Å². The molecule has 0 aliphatic rings. The molecule has 2 aromatic carbocycles. The molecule has 0 unspecified atom stereocenters. The van der Waals surface area contributed by atoms with Crippen LogP contribution >= 0.6 is 0 Å². The van der Waals surface area contributed by atoms with E-state index >= 15 is 0 Å². The van der Waals surface area contributed by atoms with Gasteiger partial charge in [0.15, 0.2) is 0 Å². The Balaban J connectivity index is 2.66. The number of carboxylic acid groups (broad SMARTS) is 1. The Bertz CT molecular complexity index is 623. The van der Waals surface area contributed by atoms with Crippen molar-refractivity contribution in [3.05, 3.63) is 53.3 Å². The second-order valence-corrected chi connectivity index (χ2v) is 4.06. The highest BCUT2D eigenvalue weighted by molar-refractivity contribution is 5.90. The maximum absolute atomic E-state index is 13.7. The number of nitrogens with two attached hydrogens (primary N) is 1. The average Bonchev–Trinajstić information content (AvgIpc) is 2.32. The Morgan fingerprint density at radius 2 is 2.00 bits per heavy atom. The van der Waals surface area contributed by atoms with Crippen molar-refractivity contribution < 1.29 is 14.3 Å². The van der Waals surface area contributed by atoms with Gasteiger partial charge in [-0.1, -0.05) is 12.1 Å². The van der Waals surface area contributed by atoms with E-state index in [2.05, 4.69) is 0 Å². The lowest BCUT2D eigenvalue weighted by Gasteiger charge is -2.09. The molecule has 0 fully saturated rings. The Labute approximate surface area is 104 Å². The summed E-state index contributed by atoms with van der Waals surface area (Å²) < 4.78 is 13.7. The third kappa shape index (κ3) is 2.18. The lowest BCUT2D eigenvalue weighted by atomic mass is 9.97. The smallest absolute Gasteiger partial charge is 0.335 e. The Kier molecular flexibility index (Phi) is 3.02. The van der Waals surface area contributed by atoms with Crippen molar-refractivity contribution in [3.63, 3.8) is 0 Å². The monoisotopic (exact) mass is 245 g/mol. The van der Waals surface area contributed by atoms with Crippen LogP contribution in [-0.4, -0.2) is 11.1 Å². The number of hydrogen-bond acceptors (Lipinski definition) is 2. The fourth-order valence-corrected chi connectivity index (χ4v) is 1.81. The first-order chi connectivity index (χ1) is 8.49. The van der Waals surface area contributed by atoms with Gasteiger partial charge in [-0.3, -0.25) is 0 Å². The molecule has 0 bridgehead atoms. The molecule has 2 aromatic rings. The minimum absolute atomic E-state index is 0.0736. The SMILES string of the molecule is Cc1c(F)cc(C(=O)O)cc1-c1cccc(N)c1. The van der Waals surface area contributed by atoms with Crippen LogP contribution in [0.2, 0.25) is 0 Å². The standard InChI is InChI=1S/C14H12FNO2/c1-8-12(9-3-2-4-11(16)5-9)6-10(14(17)18)7-13(8)15/h2-7H,16H2,1H3,(H,17,18).